The predicted octanol–water partition coefficient (Wildman–Crippen LogP) is -1.00. The molecular weight excluding hydrogens is 377 g/mol. The van der Waals surface area contributed by atoms with Crippen LogP contribution in [0.3, 0.4) is 0 Å². The molecule has 0 fully saturated rings. The molecule has 23 valence electrons. The fourth-order valence-electron chi connectivity index (χ4n) is 0. The number of hydrogen-bond donors (Lipinski definition) is 0. The van der Waals surface area contributed by atoms with E-state index in [1.165, 1.54) is 0 Å². The third-order valence-corrected chi connectivity index (χ3v) is 0. The quantitative estimate of drug-likeness (QED) is 0.508. The molecule has 5 heteroatoms. The van der Waals surface area contributed by atoms with Gasteiger partial charge in [-0.15, -0.1) is 0 Å². The summed E-state index contributed by atoms with van der Waals surface area (Å²) in [6.45, 7) is 0. The first-order valence-corrected chi connectivity index (χ1v) is 1.22. The first kappa shape index (κ1) is 15.6. The van der Waals surface area contributed by atoms with E-state index in [0.29, 0.717) is 0 Å². The van der Waals surface area contributed by atoms with Crippen molar-refractivity contribution in [2.45, 2.75) is 0 Å². The molecular formula is CsO2SiW. The van der Waals surface area contributed by atoms with E-state index in [4.69, 9.17) is 8.92 Å². The van der Waals surface area contributed by atoms with Gasteiger partial charge in [0.25, 0.3) is 0 Å². The van der Waals surface area contributed by atoms with Crippen LogP contribution < -0.4 is 0 Å². The Labute approximate surface area is 105 Å². The third kappa shape index (κ3) is 20.8. The van der Waals surface area contributed by atoms with Crippen LogP contribution in [0.1, 0.15) is 0 Å². The Hall–Kier alpha value is 2.56. The van der Waals surface area contributed by atoms with Crippen molar-refractivity contribution >= 4 is 78.2 Å². The average molecular weight is 377 g/mol. The number of hydrogen-bond acceptors (Lipinski definition) is 2. The van der Waals surface area contributed by atoms with Gasteiger partial charge in [0, 0.05) is 90.0 Å². The molecule has 5 heavy (non-hydrogen) atoms. The Kier molecular flexibility index (Phi) is 50.1. The van der Waals surface area contributed by atoms with Crippen molar-refractivity contribution in [2.24, 2.45) is 0 Å². The summed E-state index contributed by atoms with van der Waals surface area (Å²) in [5.74, 6) is 0. The summed E-state index contributed by atoms with van der Waals surface area (Å²) in [4.78, 5) is 0. The summed E-state index contributed by atoms with van der Waals surface area (Å²) in [5.41, 5.74) is 0. The molecule has 0 aliphatic carbocycles. The van der Waals surface area contributed by atoms with Crippen molar-refractivity contribution < 1.29 is 30.0 Å². The molecule has 0 heterocycles. The average Bonchev–Trinajstić information content (AvgIpc) is 0.918. The topological polar surface area (TPSA) is 34.1 Å². The van der Waals surface area contributed by atoms with Gasteiger partial charge in [-0.25, -0.2) is 0 Å². The van der Waals surface area contributed by atoms with E-state index < -0.39 is 9.29 Å². The smallest absolute Gasteiger partial charge is 0.274 e. The molecule has 0 atom stereocenters. The van der Waals surface area contributed by atoms with Gasteiger partial charge in [-0.05, 0) is 0 Å². The van der Waals surface area contributed by atoms with Gasteiger partial charge in [0.05, 0.1) is 0 Å². The van der Waals surface area contributed by atoms with Crippen molar-refractivity contribution in [2.75, 3.05) is 0 Å². The standard InChI is InChI=1S/Cs.O2Si.W/c;1-3-2;. The summed E-state index contributed by atoms with van der Waals surface area (Å²) in [6, 6.07) is 0. The Balaban J connectivity index is -0.0000000200. The maximum Gasteiger partial charge on any atom is 0.549 e. The molecule has 0 rings (SSSR count). The molecule has 0 aliphatic rings. The van der Waals surface area contributed by atoms with Crippen LogP contribution in [0.5, 0.6) is 0 Å². The minimum atomic E-state index is -1.42. The van der Waals surface area contributed by atoms with E-state index in [1.54, 1.807) is 0 Å². The van der Waals surface area contributed by atoms with Gasteiger partial charge in [-0.3, -0.25) is 8.92 Å². The maximum atomic E-state index is 8.40. The fourth-order valence-corrected chi connectivity index (χ4v) is 0. The largest absolute Gasteiger partial charge is 0.549 e. The van der Waals surface area contributed by atoms with Gasteiger partial charge in [-0.2, -0.15) is 0 Å². The van der Waals surface area contributed by atoms with E-state index in [0.717, 1.165) is 0 Å². The molecule has 0 bridgehead atoms. The van der Waals surface area contributed by atoms with Crippen molar-refractivity contribution in [3.8, 4) is 0 Å². The zero-order valence-electron chi connectivity index (χ0n) is 2.72. The molecule has 0 N–H and O–H groups in total. The van der Waals surface area contributed by atoms with Crippen molar-refractivity contribution in [1.82, 2.24) is 0 Å². The maximum absolute atomic E-state index is 8.40. The van der Waals surface area contributed by atoms with Gasteiger partial charge in [0.2, 0.25) is 0 Å². The minimum Gasteiger partial charge on any atom is -0.274 e. The molecule has 0 spiro atoms. The molecule has 0 aromatic carbocycles. The molecule has 0 unspecified atom stereocenters. The Bertz CT molecular complexity index is 30.6. The van der Waals surface area contributed by atoms with Crippen molar-refractivity contribution in [3.05, 3.63) is 0 Å². The van der Waals surface area contributed by atoms with Crippen molar-refractivity contribution in [3.63, 3.8) is 0 Å². The molecule has 0 amide bonds. The molecule has 0 aromatic rings. The van der Waals surface area contributed by atoms with Crippen molar-refractivity contribution in [1.29, 1.82) is 0 Å². The molecule has 0 aromatic heterocycles. The van der Waals surface area contributed by atoms with E-state index in [9.17, 15) is 0 Å². The molecule has 0 saturated heterocycles. The van der Waals surface area contributed by atoms with Crippen LogP contribution >= 0.6 is 0 Å². The number of rotatable bonds is 0. The Morgan fingerprint density at radius 2 is 1.20 bits per heavy atom. The zero-order valence-corrected chi connectivity index (χ0v) is 12.9. The Morgan fingerprint density at radius 1 is 1.20 bits per heavy atom. The molecule has 0 saturated carbocycles. The van der Waals surface area contributed by atoms with E-state index in [1.807, 2.05) is 0 Å². The van der Waals surface area contributed by atoms with Crippen LogP contribution in [0.25, 0.3) is 0 Å². The summed E-state index contributed by atoms with van der Waals surface area (Å²) < 4.78 is 16.8. The van der Waals surface area contributed by atoms with Crippen LogP contribution in [0.4, 0.5) is 0 Å². The summed E-state index contributed by atoms with van der Waals surface area (Å²) >= 11 is 0. The Morgan fingerprint density at radius 3 is 1.20 bits per heavy atom. The second-order valence-electron chi connectivity index (χ2n) is 0.0833. The minimum absolute atomic E-state index is 0. The normalized spacial score (nSPS) is 1.60. The van der Waals surface area contributed by atoms with E-state index in [-0.39, 0.29) is 90.0 Å². The fraction of sp³-hybridized carbons (Fsp3) is 0. The van der Waals surface area contributed by atoms with Crippen LogP contribution in [-0.2, 0) is 30.0 Å². The second-order valence-corrected chi connectivity index (χ2v) is 0.250. The van der Waals surface area contributed by atoms with Crippen LogP contribution in [0.15, 0.2) is 0 Å². The predicted molar refractivity (Wildman–Crippen MR) is 12.9 cm³/mol. The summed E-state index contributed by atoms with van der Waals surface area (Å²) in [6.07, 6.45) is 0. The van der Waals surface area contributed by atoms with Gasteiger partial charge in [0.15, 0.2) is 0 Å². The monoisotopic (exact) mass is 377 g/mol. The first-order valence-electron chi connectivity index (χ1n) is 0.408. The van der Waals surface area contributed by atoms with E-state index in [2.05, 4.69) is 0 Å². The van der Waals surface area contributed by atoms with Crippen LogP contribution in [0, 0.1) is 0 Å². The third-order valence-electron chi connectivity index (χ3n) is 0. The zero-order chi connectivity index (χ0) is 2.71. The first-order chi connectivity index (χ1) is 1.41. The van der Waals surface area contributed by atoms with Crippen LogP contribution in [-0.4, -0.2) is 78.2 Å². The van der Waals surface area contributed by atoms with Gasteiger partial charge < -0.3 is 0 Å². The summed E-state index contributed by atoms with van der Waals surface area (Å²) in [7, 11) is -1.42. The van der Waals surface area contributed by atoms with Gasteiger partial charge in [-0.1, -0.05) is 0 Å². The van der Waals surface area contributed by atoms with Crippen LogP contribution in [0.2, 0.25) is 0 Å². The summed E-state index contributed by atoms with van der Waals surface area (Å²) in [5, 5.41) is 0. The molecule has 2 nitrogen and oxygen atoms in total. The SMILES string of the molecule is O=[Si]=O.[Cs].[W]. The van der Waals surface area contributed by atoms with Gasteiger partial charge >= 0.3 is 9.29 Å². The molecule has 1 radical (unpaired) electrons. The van der Waals surface area contributed by atoms with E-state index >= 15 is 0 Å². The van der Waals surface area contributed by atoms with Gasteiger partial charge in [0.1, 0.15) is 0 Å². The second kappa shape index (κ2) is 16.0. The molecule has 0 aliphatic heterocycles.